The summed E-state index contributed by atoms with van der Waals surface area (Å²) in [5.74, 6) is 0.982. The van der Waals surface area contributed by atoms with Gasteiger partial charge in [-0.25, -0.2) is 0 Å². The van der Waals surface area contributed by atoms with Gasteiger partial charge in [0.1, 0.15) is 18.9 Å². The Kier molecular flexibility index (Phi) is 7.22. The van der Waals surface area contributed by atoms with E-state index in [2.05, 4.69) is 32.8 Å². The highest BCUT2D eigenvalue weighted by molar-refractivity contribution is 6.99. The van der Waals surface area contributed by atoms with Gasteiger partial charge in [0.25, 0.3) is 0 Å². The summed E-state index contributed by atoms with van der Waals surface area (Å²) in [4.78, 5) is 2.14. The summed E-state index contributed by atoms with van der Waals surface area (Å²) in [5, 5.41) is 13.2. The molecule has 0 radical (unpaired) electrons. The minimum atomic E-state index is -0.551. The minimum absolute atomic E-state index is 0.227. The van der Waals surface area contributed by atoms with Crippen molar-refractivity contribution in [2.45, 2.75) is 26.0 Å². The first-order chi connectivity index (χ1) is 8.99. The van der Waals surface area contributed by atoms with E-state index < -0.39 is 6.10 Å². The lowest BCUT2D eigenvalue weighted by Crippen LogP contribution is -2.45. The maximum Gasteiger partial charge on any atom is 0.245 e. The Morgan fingerprint density at radius 1 is 1.47 bits per heavy atom. The molecule has 0 aromatic carbocycles. The van der Waals surface area contributed by atoms with Gasteiger partial charge < -0.3 is 20.1 Å². The maximum atomic E-state index is 9.87. The van der Waals surface area contributed by atoms with Crippen LogP contribution in [0, 0.1) is 5.92 Å². The highest BCUT2D eigenvalue weighted by Gasteiger charge is 2.15. The Labute approximate surface area is 119 Å². The number of aromatic nitrogens is 2. The van der Waals surface area contributed by atoms with E-state index in [9.17, 15) is 5.11 Å². The van der Waals surface area contributed by atoms with E-state index in [-0.39, 0.29) is 6.61 Å². The standard InChI is InChI=1S/C12H24N4O2S/c1-9(2)11(7-16(3)4)13-5-10(17)8-18-12-6-14-19-15-12/h6,9-11,13,17H,5,7-8H2,1-4H3. The molecule has 1 aromatic rings. The third kappa shape index (κ3) is 6.81. The van der Waals surface area contributed by atoms with Gasteiger partial charge in [0.15, 0.2) is 0 Å². The van der Waals surface area contributed by atoms with Crippen LogP contribution < -0.4 is 10.1 Å². The monoisotopic (exact) mass is 288 g/mol. The molecule has 1 heterocycles. The first kappa shape index (κ1) is 16.3. The fraction of sp³-hybridized carbons (Fsp3) is 0.833. The smallest absolute Gasteiger partial charge is 0.245 e. The molecule has 6 nitrogen and oxygen atoms in total. The number of aliphatic hydroxyl groups excluding tert-OH is 1. The third-order valence-electron chi connectivity index (χ3n) is 2.75. The van der Waals surface area contributed by atoms with E-state index in [0.717, 1.165) is 18.3 Å². The van der Waals surface area contributed by atoms with Gasteiger partial charge in [-0.2, -0.15) is 4.37 Å². The summed E-state index contributed by atoms with van der Waals surface area (Å²) in [6, 6.07) is 0.352. The molecule has 19 heavy (non-hydrogen) atoms. The third-order valence-corrected chi connectivity index (χ3v) is 3.21. The molecule has 0 spiro atoms. The Morgan fingerprint density at radius 2 is 2.21 bits per heavy atom. The lowest BCUT2D eigenvalue weighted by Gasteiger charge is -2.26. The zero-order valence-electron chi connectivity index (χ0n) is 12.0. The number of aliphatic hydroxyl groups is 1. The second-order valence-corrected chi connectivity index (χ2v) is 5.79. The van der Waals surface area contributed by atoms with Gasteiger partial charge in [-0.15, -0.1) is 4.37 Å². The van der Waals surface area contributed by atoms with Gasteiger partial charge in [-0.3, -0.25) is 0 Å². The summed E-state index contributed by atoms with van der Waals surface area (Å²) < 4.78 is 13.1. The van der Waals surface area contributed by atoms with Crippen molar-refractivity contribution in [2.75, 3.05) is 33.8 Å². The number of hydrogen-bond acceptors (Lipinski definition) is 7. The predicted octanol–water partition coefficient (Wildman–Crippen LogP) is 0.454. The largest absolute Gasteiger partial charge is 0.473 e. The fourth-order valence-electron chi connectivity index (χ4n) is 1.65. The van der Waals surface area contributed by atoms with Crippen molar-refractivity contribution >= 4 is 11.7 Å². The molecule has 1 aromatic heterocycles. The SMILES string of the molecule is CC(C)C(CN(C)C)NCC(O)COc1cnsn1. The van der Waals surface area contributed by atoms with Crippen LogP contribution in [0.15, 0.2) is 6.20 Å². The summed E-state index contributed by atoms with van der Waals surface area (Å²) in [5.41, 5.74) is 0. The number of nitrogens with one attached hydrogen (secondary N) is 1. The number of likely N-dealkylation sites (N-methyl/N-ethyl adjacent to an activating group) is 1. The molecule has 0 aliphatic heterocycles. The van der Waals surface area contributed by atoms with Crippen LogP contribution in [0.25, 0.3) is 0 Å². The average Bonchev–Trinajstić information content (AvgIpc) is 2.84. The van der Waals surface area contributed by atoms with Crippen LogP contribution in [-0.2, 0) is 0 Å². The highest BCUT2D eigenvalue weighted by Crippen LogP contribution is 2.06. The van der Waals surface area contributed by atoms with Crippen LogP contribution in [0.1, 0.15) is 13.8 Å². The van der Waals surface area contributed by atoms with Crippen molar-refractivity contribution in [2.24, 2.45) is 5.92 Å². The fourth-order valence-corrected chi connectivity index (χ4v) is 2.02. The zero-order valence-corrected chi connectivity index (χ0v) is 12.9. The Morgan fingerprint density at radius 3 is 2.74 bits per heavy atom. The highest BCUT2D eigenvalue weighted by atomic mass is 32.1. The molecule has 110 valence electrons. The number of hydrogen-bond donors (Lipinski definition) is 2. The molecule has 1 rings (SSSR count). The average molecular weight is 288 g/mol. The van der Waals surface area contributed by atoms with Gasteiger partial charge in [0.05, 0.1) is 11.7 Å². The van der Waals surface area contributed by atoms with E-state index in [1.54, 1.807) is 6.20 Å². The van der Waals surface area contributed by atoms with Crippen LogP contribution in [-0.4, -0.2) is 64.7 Å². The molecule has 2 atom stereocenters. The first-order valence-corrected chi connectivity index (χ1v) is 7.18. The normalized spacial score (nSPS) is 14.9. The van der Waals surface area contributed by atoms with Crippen LogP contribution in [0.2, 0.25) is 0 Å². The summed E-state index contributed by atoms with van der Waals surface area (Å²) in [7, 11) is 4.09. The predicted molar refractivity (Wildman–Crippen MR) is 76.6 cm³/mol. The van der Waals surface area contributed by atoms with Crippen molar-refractivity contribution in [3.05, 3.63) is 6.20 Å². The lowest BCUT2D eigenvalue weighted by atomic mass is 10.0. The quantitative estimate of drug-likeness (QED) is 0.688. The molecular weight excluding hydrogens is 264 g/mol. The van der Waals surface area contributed by atoms with Crippen LogP contribution >= 0.6 is 11.7 Å². The number of nitrogens with zero attached hydrogens (tertiary/aromatic N) is 3. The van der Waals surface area contributed by atoms with E-state index in [1.165, 1.54) is 0 Å². The van der Waals surface area contributed by atoms with Gasteiger partial charge in [-0.05, 0) is 20.0 Å². The molecule has 0 fully saturated rings. The van der Waals surface area contributed by atoms with Crippen LogP contribution in [0.5, 0.6) is 5.88 Å². The van der Waals surface area contributed by atoms with Gasteiger partial charge in [-0.1, -0.05) is 13.8 Å². The second-order valence-electron chi connectivity index (χ2n) is 5.23. The van der Waals surface area contributed by atoms with E-state index in [4.69, 9.17) is 4.74 Å². The Bertz CT molecular complexity index is 332. The molecule has 7 heteroatoms. The first-order valence-electron chi connectivity index (χ1n) is 6.45. The molecule has 2 unspecified atom stereocenters. The zero-order chi connectivity index (χ0) is 14.3. The molecule has 2 N–H and O–H groups in total. The maximum absolute atomic E-state index is 9.87. The number of ether oxygens (including phenoxy) is 1. The molecule has 0 aliphatic carbocycles. The minimum Gasteiger partial charge on any atom is -0.473 e. The Hall–Kier alpha value is -0.760. The summed E-state index contributed by atoms with van der Waals surface area (Å²) in [6.07, 6.45) is 0.999. The summed E-state index contributed by atoms with van der Waals surface area (Å²) in [6.45, 7) is 6.02. The molecule has 0 amide bonds. The molecule has 0 aliphatic rings. The second kappa shape index (κ2) is 8.42. The van der Waals surface area contributed by atoms with Crippen molar-refractivity contribution in [1.29, 1.82) is 0 Å². The van der Waals surface area contributed by atoms with E-state index >= 15 is 0 Å². The van der Waals surface area contributed by atoms with Crippen molar-refractivity contribution in [1.82, 2.24) is 19.0 Å². The van der Waals surface area contributed by atoms with Crippen LogP contribution in [0.3, 0.4) is 0 Å². The molecule has 0 saturated carbocycles. The lowest BCUT2D eigenvalue weighted by molar-refractivity contribution is 0.0978. The van der Waals surface area contributed by atoms with E-state index in [1.807, 2.05) is 14.1 Å². The summed E-state index contributed by atoms with van der Waals surface area (Å²) >= 11 is 1.09. The van der Waals surface area contributed by atoms with Gasteiger partial charge in [0, 0.05) is 19.1 Å². The molecule has 0 bridgehead atoms. The molecular formula is C12H24N4O2S. The van der Waals surface area contributed by atoms with Crippen molar-refractivity contribution < 1.29 is 9.84 Å². The van der Waals surface area contributed by atoms with E-state index in [0.29, 0.717) is 24.4 Å². The van der Waals surface area contributed by atoms with Crippen molar-refractivity contribution in [3.8, 4) is 5.88 Å². The van der Waals surface area contributed by atoms with Crippen molar-refractivity contribution in [3.63, 3.8) is 0 Å². The molecule has 0 saturated heterocycles. The van der Waals surface area contributed by atoms with Crippen LogP contribution in [0.4, 0.5) is 0 Å². The van der Waals surface area contributed by atoms with Gasteiger partial charge >= 0.3 is 0 Å². The van der Waals surface area contributed by atoms with Gasteiger partial charge in [0.2, 0.25) is 5.88 Å². The number of rotatable bonds is 9. The topological polar surface area (TPSA) is 70.5 Å². The Balaban J connectivity index is 2.25.